The SMILES string of the molecule is COc1ccc2[nH]c3c(c2c1)CCN1C(=O)[C@@](Cc2ccccc2)(NC(=O)c2ccc(C)cc2)C[C@H]31. The van der Waals surface area contributed by atoms with Crippen LogP contribution in [0, 0.1) is 6.92 Å². The Labute approximate surface area is 210 Å². The summed E-state index contributed by atoms with van der Waals surface area (Å²) >= 11 is 0. The largest absolute Gasteiger partial charge is 0.497 e. The van der Waals surface area contributed by atoms with Gasteiger partial charge >= 0.3 is 0 Å². The molecule has 1 fully saturated rings. The Hall–Kier alpha value is -4.06. The molecule has 36 heavy (non-hydrogen) atoms. The molecule has 3 aromatic carbocycles. The topological polar surface area (TPSA) is 74.4 Å². The summed E-state index contributed by atoms with van der Waals surface area (Å²) in [5, 5.41) is 4.34. The third-order valence-corrected chi connectivity index (χ3v) is 7.69. The van der Waals surface area contributed by atoms with Crippen LogP contribution in [0.2, 0.25) is 0 Å². The van der Waals surface area contributed by atoms with E-state index >= 15 is 0 Å². The summed E-state index contributed by atoms with van der Waals surface area (Å²) in [5.41, 5.74) is 4.99. The quantitative estimate of drug-likeness (QED) is 0.435. The van der Waals surface area contributed by atoms with Gasteiger partial charge in [0.1, 0.15) is 11.3 Å². The van der Waals surface area contributed by atoms with Gasteiger partial charge in [-0.25, -0.2) is 0 Å². The van der Waals surface area contributed by atoms with E-state index in [2.05, 4.69) is 16.4 Å². The smallest absolute Gasteiger partial charge is 0.252 e. The fraction of sp³-hybridized carbons (Fsp3) is 0.267. The minimum absolute atomic E-state index is 0.0151. The number of amides is 2. The average Bonchev–Trinajstić information content (AvgIpc) is 3.40. The summed E-state index contributed by atoms with van der Waals surface area (Å²) < 4.78 is 5.45. The van der Waals surface area contributed by atoms with Crippen LogP contribution in [0.1, 0.15) is 45.2 Å². The van der Waals surface area contributed by atoms with Crippen molar-refractivity contribution in [2.24, 2.45) is 0 Å². The number of nitrogens with one attached hydrogen (secondary N) is 2. The number of aromatic nitrogens is 1. The monoisotopic (exact) mass is 479 g/mol. The van der Waals surface area contributed by atoms with Gasteiger partial charge in [-0.3, -0.25) is 9.59 Å². The van der Waals surface area contributed by atoms with Crippen LogP contribution in [0.4, 0.5) is 0 Å². The fourth-order valence-electron chi connectivity index (χ4n) is 5.86. The Kier molecular flexibility index (Phi) is 5.32. The van der Waals surface area contributed by atoms with Gasteiger partial charge in [0.05, 0.1) is 13.2 Å². The second-order valence-corrected chi connectivity index (χ2v) is 9.96. The van der Waals surface area contributed by atoms with E-state index in [1.54, 1.807) is 7.11 Å². The van der Waals surface area contributed by atoms with Gasteiger partial charge in [-0.05, 0) is 54.8 Å². The van der Waals surface area contributed by atoms with Crippen molar-refractivity contribution in [2.45, 2.75) is 37.8 Å². The predicted molar refractivity (Wildman–Crippen MR) is 139 cm³/mol. The lowest BCUT2D eigenvalue weighted by Gasteiger charge is -2.30. The molecule has 0 bridgehead atoms. The van der Waals surface area contributed by atoms with E-state index in [4.69, 9.17) is 4.74 Å². The molecule has 3 heterocycles. The van der Waals surface area contributed by atoms with Gasteiger partial charge in [-0.2, -0.15) is 0 Å². The minimum Gasteiger partial charge on any atom is -0.497 e. The van der Waals surface area contributed by atoms with Crippen LogP contribution in [0.5, 0.6) is 5.75 Å². The highest BCUT2D eigenvalue weighted by molar-refractivity contribution is 6.01. The van der Waals surface area contributed by atoms with Gasteiger partial charge < -0.3 is 19.9 Å². The zero-order chi connectivity index (χ0) is 24.9. The molecular formula is C30H29N3O3. The van der Waals surface area contributed by atoms with Gasteiger partial charge in [0.25, 0.3) is 5.91 Å². The number of H-pyrrole nitrogens is 1. The molecule has 2 amide bonds. The molecule has 1 saturated heterocycles. The Morgan fingerprint density at radius 2 is 1.89 bits per heavy atom. The highest BCUT2D eigenvalue weighted by Gasteiger charge is 2.54. The maximum absolute atomic E-state index is 14.1. The highest BCUT2D eigenvalue weighted by atomic mass is 16.5. The van der Waals surface area contributed by atoms with E-state index in [-0.39, 0.29) is 17.9 Å². The Morgan fingerprint density at radius 1 is 1.11 bits per heavy atom. The number of hydrogen-bond acceptors (Lipinski definition) is 3. The molecule has 0 saturated carbocycles. The number of methoxy groups -OCH3 is 1. The number of hydrogen-bond donors (Lipinski definition) is 2. The van der Waals surface area contributed by atoms with E-state index in [1.807, 2.05) is 78.6 Å². The number of fused-ring (bicyclic) bond motifs is 5. The number of carbonyl (C=O) groups is 2. The van der Waals surface area contributed by atoms with Gasteiger partial charge in [-0.15, -0.1) is 0 Å². The number of aromatic amines is 1. The Balaban J connectivity index is 1.40. The number of aryl methyl sites for hydroxylation is 1. The average molecular weight is 480 g/mol. The number of nitrogens with zero attached hydrogens (tertiary/aromatic N) is 1. The van der Waals surface area contributed by atoms with Crippen LogP contribution in [0.25, 0.3) is 10.9 Å². The molecule has 0 aliphatic carbocycles. The van der Waals surface area contributed by atoms with Crippen LogP contribution in [-0.2, 0) is 17.6 Å². The highest BCUT2D eigenvalue weighted by Crippen LogP contribution is 2.46. The number of rotatable bonds is 5. The first kappa shape index (κ1) is 22.4. The lowest BCUT2D eigenvalue weighted by Crippen LogP contribution is -2.55. The van der Waals surface area contributed by atoms with Crippen LogP contribution < -0.4 is 10.1 Å². The van der Waals surface area contributed by atoms with Crippen molar-refractivity contribution in [3.05, 3.63) is 101 Å². The summed E-state index contributed by atoms with van der Waals surface area (Å²) in [4.78, 5) is 33.0. The normalized spacial score (nSPS) is 20.8. The summed E-state index contributed by atoms with van der Waals surface area (Å²) in [6.45, 7) is 2.61. The summed E-state index contributed by atoms with van der Waals surface area (Å²) in [7, 11) is 1.67. The number of ether oxygens (including phenoxy) is 1. The molecule has 1 aromatic heterocycles. The summed E-state index contributed by atoms with van der Waals surface area (Å²) in [5.74, 6) is 0.581. The molecule has 2 N–H and O–H groups in total. The summed E-state index contributed by atoms with van der Waals surface area (Å²) in [6.07, 6.45) is 1.72. The number of benzene rings is 3. The standard InChI is InChI=1S/C30H29N3O3/c1-19-8-10-21(11-9-19)28(34)32-30(17-20-6-4-3-5-7-20)18-26-27-23(14-15-33(26)29(30)35)24-16-22(36-2)12-13-25(24)31-27/h3-13,16,26,31H,14-15,17-18H2,1-2H3,(H,32,34)/t26-,30+/m1/s1. The molecule has 2 aliphatic heterocycles. The third kappa shape index (κ3) is 3.65. The summed E-state index contributed by atoms with van der Waals surface area (Å²) in [6, 6.07) is 23.3. The molecule has 6 heteroatoms. The van der Waals surface area contributed by atoms with Crippen molar-refractivity contribution in [2.75, 3.05) is 13.7 Å². The van der Waals surface area contributed by atoms with E-state index in [9.17, 15) is 9.59 Å². The van der Waals surface area contributed by atoms with E-state index in [0.29, 0.717) is 24.9 Å². The van der Waals surface area contributed by atoms with Crippen LogP contribution >= 0.6 is 0 Å². The molecule has 182 valence electrons. The second kappa shape index (κ2) is 8.55. The van der Waals surface area contributed by atoms with Gasteiger partial charge in [-0.1, -0.05) is 48.0 Å². The van der Waals surface area contributed by atoms with Crippen LogP contribution in [0.3, 0.4) is 0 Å². The maximum Gasteiger partial charge on any atom is 0.252 e. The zero-order valence-electron chi connectivity index (χ0n) is 20.5. The van der Waals surface area contributed by atoms with Crippen molar-refractivity contribution in [3.63, 3.8) is 0 Å². The second-order valence-electron chi connectivity index (χ2n) is 9.96. The molecule has 0 spiro atoms. The van der Waals surface area contributed by atoms with Gasteiger partial charge in [0.15, 0.2) is 0 Å². The lowest BCUT2D eigenvalue weighted by molar-refractivity contribution is -0.134. The Bertz CT molecular complexity index is 1460. The first-order valence-corrected chi connectivity index (χ1v) is 12.4. The molecule has 0 radical (unpaired) electrons. The van der Waals surface area contributed by atoms with Crippen molar-refractivity contribution >= 4 is 22.7 Å². The fourth-order valence-corrected chi connectivity index (χ4v) is 5.86. The van der Waals surface area contributed by atoms with E-state index in [1.165, 1.54) is 5.56 Å². The lowest BCUT2D eigenvalue weighted by atomic mass is 9.86. The molecule has 4 aromatic rings. The molecule has 6 nitrogen and oxygen atoms in total. The van der Waals surface area contributed by atoms with Crippen LogP contribution in [-0.4, -0.2) is 40.9 Å². The third-order valence-electron chi connectivity index (χ3n) is 7.69. The van der Waals surface area contributed by atoms with Crippen molar-refractivity contribution < 1.29 is 14.3 Å². The van der Waals surface area contributed by atoms with Crippen molar-refractivity contribution in [3.8, 4) is 5.75 Å². The molecule has 6 rings (SSSR count). The zero-order valence-corrected chi connectivity index (χ0v) is 20.5. The number of carbonyl (C=O) groups excluding carboxylic acids is 2. The van der Waals surface area contributed by atoms with Crippen LogP contribution in [0.15, 0.2) is 72.8 Å². The molecule has 0 unspecified atom stereocenters. The minimum atomic E-state index is -1.02. The van der Waals surface area contributed by atoms with E-state index < -0.39 is 5.54 Å². The molecule has 2 aliphatic rings. The molecule has 2 atom stereocenters. The maximum atomic E-state index is 14.1. The van der Waals surface area contributed by atoms with Gasteiger partial charge in [0.2, 0.25) is 5.91 Å². The first-order chi connectivity index (χ1) is 17.5. The Morgan fingerprint density at radius 3 is 2.64 bits per heavy atom. The first-order valence-electron chi connectivity index (χ1n) is 12.4. The van der Waals surface area contributed by atoms with Crippen molar-refractivity contribution in [1.29, 1.82) is 0 Å². The molecular weight excluding hydrogens is 450 g/mol. The predicted octanol–water partition coefficient (Wildman–Crippen LogP) is 4.73. The van der Waals surface area contributed by atoms with Gasteiger partial charge in [0, 0.05) is 41.5 Å². The van der Waals surface area contributed by atoms with Crippen molar-refractivity contribution in [1.82, 2.24) is 15.2 Å². The van der Waals surface area contributed by atoms with E-state index in [0.717, 1.165) is 39.9 Å².